The van der Waals surface area contributed by atoms with Gasteiger partial charge in [-0.25, -0.2) is 4.98 Å². The first-order valence-corrected chi connectivity index (χ1v) is 18.6. The SMILES string of the molecule is c1ccc(-c2nc(-c3ccccc3)nc(-n3c4ccccc4c4c5ccc(-c6ccc7cc(-c8ccc9ccccc9c8)ccc7c6)cc5ccc43)n2)cc1. The third kappa shape index (κ3) is 5.34. The van der Waals surface area contributed by atoms with E-state index in [1.165, 1.54) is 60.0 Å². The van der Waals surface area contributed by atoms with E-state index in [1.54, 1.807) is 0 Å². The molecular weight excluding hydrogens is 669 g/mol. The Morgan fingerprint density at radius 2 is 0.764 bits per heavy atom. The Hall–Kier alpha value is -7.43. The maximum atomic E-state index is 5.11. The van der Waals surface area contributed by atoms with Crippen LogP contribution >= 0.6 is 0 Å². The van der Waals surface area contributed by atoms with Gasteiger partial charge in [0.05, 0.1) is 11.0 Å². The topological polar surface area (TPSA) is 43.6 Å². The summed E-state index contributed by atoms with van der Waals surface area (Å²) < 4.78 is 2.19. The highest BCUT2D eigenvalue weighted by Crippen LogP contribution is 2.39. The van der Waals surface area contributed by atoms with Gasteiger partial charge in [-0.05, 0) is 91.0 Å². The molecule has 0 aliphatic rings. The molecule has 2 aromatic heterocycles. The van der Waals surface area contributed by atoms with Crippen LogP contribution < -0.4 is 0 Å². The van der Waals surface area contributed by atoms with Gasteiger partial charge >= 0.3 is 0 Å². The molecule has 11 rings (SSSR count). The summed E-state index contributed by atoms with van der Waals surface area (Å²) >= 11 is 0. The molecule has 0 aliphatic heterocycles. The van der Waals surface area contributed by atoms with Crippen molar-refractivity contribution in [1.29, 1.82) is 0 Å². The number of hydrogen-bond acceptors (Lipinski definition) is 3. The van der Waals surface area contributed by atoms with Crippen molar-refractivity contribution in [2.75, 3.05) is 0 Å². The van der Waals surface area contributed by atoms with E-state index in [1.807, 2.05) is 60.7 Å². The minimum atomic E-state index is 0.592. The summed E-state index contributed by atoms with van der Waals surface area (Å²) in [5.74, 6) is 1.87. The standard InChI is InChI=1S/C51H32N4/c1-3-12-34(13-4-1)49-52-50(35-14-5-2-6-15-35)54-51(53-49)55-46-18-10-9-17-45(46)48-44-27-25-42(32-43(44)26-28-47(48)55)41-24-23-39-30-38(21-22-40(39)31-41)37-20-19-33-11-7-8-16-36(33)29-37/h1-32H. The van der Waals surface area contributed by atoms with Gasteiger partial charge in [-0.1, -0.05) is 158 Å². The lowest BCUT2D eigenvalue weighted by Gasteiger charge is -2.11. The fourth-order valence-corrected chi connectivity index (χ4v) is 8.06. The third-order valence-electron chi connectivity index (χ3n) is 10.8. The molecule has 0 saturated carbocycles. The Morgan fingerprint density at radius 1 is 0.291 bits per heavy atom. The average molecular weight is 701 g/mol. The highest BCUT2D eigenvalue weighted by Gasteiger charge is 2.19. The molecule has 0 aliphatic carbocycles. The van der Waals surface area contributed by atoms with Crippen LogP contribution in [-0.4, -0.2) is 19.5 Å². The number of hydrogen-bond donors (Lipinski definition) is 0. The van der Waals surface area contributed by atoms with Crippen LogP contribution in [0.15, 0.2) is 194 Å². The average Bonchev–Trinajstić information content (AvgIpc) is 3.61. The predicted molar refractivity (Wildman–Crippen MR) is 228 cm³/mol. The summed E-state index contributed by atoms with van der Waals surface area (Å²) in [5.41, 5.74) is 8.84. The number of nitrogens with zero attached hydrogens (tertiary/aromatic N) is 4. The Balaban J connectivity index is 1.02. The summed E-state index contributed by atoms with van der Waals surface area (Å²) in [4.78, 5) is 15.2. The van der Waals surface area contributed by atoms with Crippen molar-refractivity contribution in [3.63, 3.8) is 0 Å². The number of benzene rings is 9. The van der Waals surface area contributed by atoms with E-state index < -0.39 is 0 Å². The highest BCUT2D eigenvalue weighted by atomic mass is 15.2. The molecule has 55 heavy (non-hydrogen) atoms. The number of fused-ring (bicyclic) bond motifs is 7. The molecule has 9 aromatic carbocycles. The smallest absolute Gasteiger partial charge is 0.238 e. The normalized spacial score (nSPS) is 11.6. The molecule has 0 bridgehead atoms. The van der Waals surface area contributed by atoms with Crippen LogP contribution in [0.5, 0.6) is 0 Å². The maximum absolute atomic E-state index is 5.11. The summed E-state index contributed by atoms with van der Waals surface area (Å²) in [6, 6.07) is 68.9. The number of aromatic nitrogens is 4. The van der Waals surface area contributed by atoms with E-state index in [0.717, 1.165) is 27.5 Å². The maximum Gasteiger partial charge on any atom is 0.238 e. The fourth-order valence-electron chi connectivity index (χ4n) is 8.06. The third-order valence-corrected chi connectivity index (χ3v) is 10.8. The van der Waals surface area contributed by atoms with Crippen molar-refractivity contribution in [3.8, 4) is 51.0 Å². The van der Waals surface area contributed by atoms with E-state index in [-0.39, 0.29) is 0 Å². The summed E-state index contributed by atoms with van der Waals surface area (Å²) in [7, 11) is 0. The Labute approximate surface area is 317 Å². The Kier molecular flexibility index (Phi) is 7.14. The second-order valence-electron chi connectivity index (χ2n) is 14.1. The molecule has 11 aromatic rings. The van der Waals surface area contributed by atoms with Crippen LogP contribution in [0.1, 0.15) is 0 Å². The van der Waals surface area contributed by atoms with E-state index in [2.05, 4.69) is 138 Å². The molecule has 0 unspecified atom stereocenters. The monoisotopic (exact) mass is 700 g/mol. The lowest BCUT2D eigenvalue weighted by Crippen LogP contribution is -2.06. The molecule has 0 atom stereocenters. The number of para-hydroxylation sites is 1. The minimum Gasteiger partial charge on any atom is -0.278 e. The second kappa shape index (κ2) is 12.6. The first-order valence-electron chi connectivity index (χ1n) is 18.6. The molecule has 0 N–H and O–H groups in total. The van der Waals surface area contributed by atoms with Crippen LogP contribution in [-0.2, 0) is 0 Å². The van der Waals surface area contributed by atoms with Crippen molar-refractivity contribution in [1.82, 2.24) is 19.5 Å². The quantitative estimate of drug-likeness (QED) is 0.179. The summed E-state index contributed by atoms with van der Waals surface area (Å²) in [6.07, 6.45) is 0. The summed E-state index contributed by atoms with van der Waals surface area (Å²) in [5, 5.41) is 9.69. The van der Waals surface area contributed by atoms with Gasteiger partial charge in [0.1, 0.15) is 0 Å². The van der Waals surface area contributed by atoms with Gasteiger partial charge in [0.25, 0.3) is 0 Å². The molecule has 0 fully saturated rings. The highest BCUT2D eigenvalue weighted by molar-refractivity contribution is 6.21. The van der Waals surface area contributed by atoms with Crippen LogP contribution in [0.3, 0.4) is 0 Å². The fraction of sp³-hybridized carbons (Fsp3) is 0. The van der Waals surface area contributed by atoms with Gasteiger partial charge in [-0.2, -0.15) is 9.97 Å². The van der Waals surface area contributed by atoms with Gasteiger partial charge in [-0.3, -0.25) is 4.57 Å². The van der Waals surface area contributed by atoms with E-state index >= 15 is 0 Å². The molecule has 256 valence electrons. The molecule has 4 nitrogen and oxygen atoms in total. The van der Waals surface area contributed by atoms with Crippen molar-refractivity contribution in [2.45, 2.75) is 0 Å². The van der Waals surface area contributed by atoms with E-state index in [4.69, 9.17) is 15.0 Å². The molecule has 0 amide bonds. The van der Waals surface area contributed by atoms with Gasteiger partial charge in [-0.15, -0.1) is 0 Å². The van der Waals surface area contributed by atoms with Crippen LogP contribution in [0, 0.1) is 0 Å². The van der Waals surface area contributed by atoms with Gasteiger partial charge in [0.2, 0.25) is 5.95 Å². The van der Waals surface area contributed by atoms with Crippen molar-refractivity contribution in [2.24, 2.45) is 0 Å². The Morgan fingerprint density at radius 3 is 1.40 bits per heavy atom. The lowest BCUT2D eigenvalue weighted by atomic mass is 9.95. The zero-order valence-electron chi connectivity index (χ0n) is 29.8. The molecule has 0 radical (unpaired) electrons. The van der Waals surface area contributed by atoms with E-state index in [9.17, 15) is 0 Å². The molecule has 4 heteroatoms. The molecule has 0 saturated heterocycles. The summed E-state index contributed by atoms with van der Waals surface area (Å²) in [6.45, 7) is 0. The van der Waals surface area contributed by atoms with Crippen LogP contribution in [0.2, 0.25) is 0 Å². The number of rotatable bonds is 5. The lowest BCUT2D eigenvalue weighted by molar-refractivity contribution is 0.953. The molecular formula is C51H32N4. The first kappa shape index (κ1) is 31.1. The largest absolute Gasteiger partial charge is 0.278 e. The van der Waals surface area contributed by atoms with Gasteiger partial charge in [0, 0.05) is 21.9 Å². The van der Waals surface area contributed by atoms with Gasteiger partial charge in [0.15, 0.2) is 11.6 Å². The van der Waals surface area contributed by atoms with Gasteiger partial charge < -0.3 is 0 Å². The minimum absolute atomic E-state index is 0.592. The van der Waals surface area contributed by atoms with Crippen LogP contribution in [0.25, 0.3) is 105 Å². The van der Waals surface area contributed by atoms with E-state index in [0.29, 0.717) is 17.6 Å². The second-order valence-corrected chi connectivity index (χ2v) is 14.1. The van der Waals surface area contributed by atoms with Crippen molar-refractivity contribution >= 4 is 54.1 Å². The molecule has 2 heterocycles. The van der Waals surface area contributed by atoms with Crippen molar-refractivity contribution < 1.29 is 0 Å². The van der Waals surface area contributed by atoms with Crippen molar-refractivity contribution in [3.05, 3.63) is 194 Å². The molecule has 0 spiro atoms. The zero-order chi connectivity index (χ0) is 36.3. The first-order chi connectivity index (χ1) is 27.2. The van der Waals surface area contributed by atoms with Crippen LogP contribution in [0.4, 0.5) is 0 Å². The predicted octanol–water partition coefficient (Wildman–Crippen LogP) is 13.1. The Bertz CT molecular complexity index is 3200. The zero-order valence-corrected chi connectivity index (χ0v) is 29.8.